The summed E-state index contributed by atoms with van der Waals surface area (Å²) in [6.07, 6.45) is 1.55. The second kappa shape index (κ2) is 7.44. The normalized spacial score (nSPS) is 11.3. The smallest absolute Gasteiger partial charge is 0.263 e. The number of benzene rings is 3. The lowest BCUT2D eigenvalue weighted by Gasteiger charge is -2.11. The van der Waals surface area contributed by atoms with E-state index in [0.717, 1.165) is 16.8 Å². The number of nitrogens with one attached hydrogen (secondary N) is 1. The lowest BCUT2D eigenvalue weighted by Crippen LogP contribution is -2.16. The molecule has 0 bridgehead atoms. The highest BCUT2D eigenvalue weighted by atomic mass is 32.2. The molecule has 0 aliphatic rings. The van der Waals surface area contributed by atoms with Crippen molar-refractivity contribution in [2.24, 2.45) is 0 Å². The Bertz CT molecular complexity index is 1230. The summed E-state index contributed by atoms with van der Waals surface area (Å²) in [7, 11) is -3.75. The number of hydrogen-bond acceptors (Lipinski definition) is 4. The molecule has 7 heteroatoms. The predicted molar refractivity (Wildman–Crippen MR) is 115 cm³/mol. The molecule has 0 atom stereocenters. The monoisotopic (exact) mass is 404 g/mol. The van der Waals surface area contributed by atoms with Gasteiger partial charge in [-0.25, -0.2) is 13.1 Å². The molecule has 0 saturated carbocycles. The van der Waals surface area contributed by atoms with E-state index in [-0.39, 0.29) is 4.90 Å². The quantitative estimate of drug-likeness (QED) is 0.487. The van der Waals surface area contributed by atoms with Crippen LogP contribution in [0.3, 0.4) is 0 Å². The molecule has 3 aromatic carbocycles. The highest BCUT2D eigenvalue weighted by Crippen LogP contribution is 2.24. The molecule has 1 heterocycles. The number of sulfonamides is 1. The molecule has 4 aromatic rings. The molecule has 4 rings (SSSR count). The maximum atomic E-state index is 12.7. The van der Waals surface area contributed by atoms with Gasteiger partial charge in [0.1, 0.15) is 5.82 Å². The standard InChI is InChI=1S/C22H20N4O2S/c1-16-2-4-17(5-3-16)18-6-10-20(11-7-18)26-22(14-15-24-26)25-29(27,28)21-12-8-19(23)9-13-21/h2-15,25H,23H2,1H3. The first kappa shape index (κ1) is 18.8. The molecule has 0 saturated heterocycles. The Morgan fingerprint density at radius 1 is 0.828 bits per heavy atom. The average molecular weight is 404 g/mol. The van der Waals surface area contributed by atoms with E-state index in [4.69, 9.17) is 5.73 Å². The third-order valence-electron chi connectivity index (χ3n) is 4.57. The van der Waals surface area contributed by atoms with Crippen molar-refractivity contribution >= 4 is 21.5 Å². The van der Waals surface area contributed by atoms with E-state index in [1.165, 1.54) is 17.7 Å². The van der Waals surface area contributed by atoms with Crippen LogP contribution in [-0.2, 0) is 10.0 Å². The van der Waals surface area contributed by atoms with E-state index in [0.29, 0.717) is 11.5 Å². The van der Waals surface area contributed by atoms with Crippen LogP contribution in [0.5, 0.6) is 0 Å². The lowest BCUT2D eigenvalue weighted by atomic mass is 10.0. The number of aromatic nitrogens is 2. The summed E-state index contributed by atoms with van der Waals surface area (Å²) < 4.78 is 29.5. The maximum absolute atomic E-state index is 12.7. The van der Waals surface area contributed by atoms with E-state index < -0.39 is 10.0 Å². The van der Waals surface area contributed by atoms with Crippen LogP contribution in [0.2, 0.25) is 0 Å². The van der Waals surface area contributed by atoms with E-state index in [2.05, 4.69) is 41.0 Å². The summed E-state index contributed by atoms with van der Waals surface area (Å²) in [4.78, 5) is 0.133. The largest absolute Gasteiger partial charge is 0.399 e. The molecule has 0 fully saturated rings. The number of hydrogen-bond donors (Lipinski definition) is 2. The van der Waals surface area contributed by atoms with Gasteiger partial charge in [-0.3, -0.25) is 4.72 Å². The number of aryl methyl sites for hydroxylation is 1. The van der Waals surface area contributed by atoms with Crippen LogP contribution >= 0.6 is 0 Å². The average Bonchev–Trinajstić information content (AvgIpc) is 3.16. The molecule has 0 spiro atoms. The number of nitrogen functional groups attached to an aromatic ring is 1. The second-order valence-electron chi connectivity index (χ2n) is 6.72. The van der Waals surface area contributed by atoms with E-state index >= 15 is 0 Å². The molecule has 0 radical (unpaired) electrons. The van der Waals surface area contributed by atoms with Gasteiger partial charge < -0.3 is 5.73 Å². The van der Waals surface area contributed by atoms with Crippen molar-refractivity contribution in [3.63, 3.8) is 0 Å². The van der Waals surface area contributed by atoms with Gasteiger partial charge in [-0.05, 0) is 54.4 Å². The lowest BCUT2D eigenvalue weighted by molar-refractivity contribution is 0.600. The Morgan fingerprint density at radius 2 is 1.41 bits per heavy atom. The van der Waals surface area contributed by atoms with E-state index in [1.807, 2.05) is 24.3 Å². The first-order chi connectivity index (χ1) is 13.9. The second-order valence-corrected chi connectivity index (χ2v) is 8.40. The fourth-order valence-corrected chi connectivity index (χ4v) is 4.01. The van der Waals surface area contributed by atoms with Gasteiger partial charge in [0.25, 0.3) is 10.0 Å². The van der Waals surface area contributed by atoms with Crippen LogP contribution in [0.25, 0.3) is 16.8 Å². The number of rotatable bonds is 5. The minimum Gasteiger partial charge on any atom is -0.399 e. The van der Waals surface area contributed by atoms with Gasteiger partial charge in [-0.15, -0.1) is 0 Å². The Kier molecular flexibility index (Phi) is 4.82. The molecule has 0 aliphatic carbocycles. The highest BCUT2D eigenvalue weighted by molar-refractivity contribution is 7.92. The van der Waals surface area contributed by atoms with Crippen LogP contribution in [0.15, 0.2) is 90.0 Å². The summed E-state index contributed by atoms with van der Waals surface area (Å²) in [5, 5.41) is 4.26. The zero-order valence-corrected chi connectivity index (χ0v) is 16.6. The number of anilines is 2. The SMILES string of the molecule is Cc1ccc(-c2ccc(-n3nccc3NS(=O)(=O)c3ccc(N)cc3)cc2)cc1. The summed E-state index contributed by atoms with van der Waals surface area (Å²) in [5.41, 5.74) is 10.3. The van der Waals surface area contributed by atoms with Gasteiger partial charge in [0, 0.05) is 11.8 Å². The molecule has 0 unspecified atom stereocenters. The molecule has 29 heavy (non-hydrogen) atoms. The van der Waals surface area contributed by atoms with Crippen LogP contribution < -0.4 is 10.5 Å². The molecular formula is C22H20N4O2S. The molecule has 6 nitrogen and oxygen atoms in total. The fraction of sp³-hybridized carbons (Fsp3) is 0.0455. The van der Waals surface area contributed by atoms with Gasteiger partial charge in [0.2, 0.25) is 0 Å². The van der Waals surface area contributed by atoms with Crippen molar-refractivity contribution in [2.75, 3.05) is 10.5 Å². The minimum atomic E-state index is -3.75. The third kappa shape index (κ3) is 4.00. The fourth-order valence-electron chi connectivity index (χ4n) is 2.97. The highest BCUT2D eigenvalue weighted by Gasteiger charge is 2.17. The molecular weight excluding hydrogens is 384 g/mol. The van der Waals surface area contributed by atoms with Crippen molar-refractivity contribution in [2.45, 2.75) is 11.8 Å². The van der Waals surface area contributed by atoms with Crippen molar-refractivity contribution in [3.8, 4) is 16.8 Å². The number of nitrogens with zero attached hydrogens (tertiary/aromatic N) is 2. The zero-order valence-electron chi connectivity index (χ0n) is 15.8. The summed E-state index contributed by atoms with van der Waals surface area (Å²) in [6.45, 7) is 2.05. The Labute approximate surface area is 169 Å². The Morgan fingerprint density at radius 3 is 2.03 bits per heavy atom. The summed E-state index contributed by atoms with van der Waals surface area (Å²) in [5.74, 6) is 0.352. The third-order valence-corrected chi connectivity index (χ3v) is 5.94. The summed E-state index contributed by atoms with van der Waals surface area (Å²) in [6, 6.07) is 23.7. The van der Waals surface area contributed by atoms with Gasteiger partial charge in [0.05, 0.1) is 16.8 Å². The summed E-state index contributed by atoms with van der Waals surface area (Å²) >= 11 is 0. The van der Waals surface area contributed by atoms with E-state index in [1.54, 1.807) is 29.1 Å². The molecule has 1 aromatic heterocycles. The Hall–Kier alpha value is -3.58. The molecule has 0 amide bonds. The topological polar surface area (TPSA) is 90.0 Å². The predicted octanol–water partition coefficient (Wildman–Crippen LogP) is 4.23. The van der Waals surface area contributed by atoms with Crippen LogP contribution in [0.1, 0.15) is 5.56 Å². The van der Waals surface area contributed by atoms with Crippen molar-refractivity contribution < 1.29 is 8.42 Å². The molecule has 0 aliphatic heterocycles. The van der Waals surface area contributed by atoms with Gasteiger partial charge in [-0.2, -0.15) is 5.10 Å². The Balaban J connectivity index is 1.60. The zero-order chi connectivity index (χ0) is 20.4. The van der Waals surface area contributed by atoms with E-state index in [9.17, 15) is 8.42 Å². The van der Waals surface area contributed by atoms with Gasteiger partial charge in [0.15, 0.2) is 0 Å². The van der Waals surface area contributed by atoms with Gasteiger partial charge >= 0.3 is 0 Å². The van der Waals surface area contributed by atoms with Crippen molar-refractivity contribution in [1.82, 2.24) is 9.78 Å². The maximum Gasteiger partial charge on any atom is 0.263 e. The van der Waals surface area contributed by atoms with Crippen molar-refractivity contribution in [3.05, 3.63) is 90.6 Å². The van der Waals surface area contributed by atoms with Crippen molar-refractivity contribution in [1.29, 1.82) is 0 Å². The van der Waals surface area contributed by atoms with Crippen LogP contribution in [0, 0.1) is 6.92 Å². The first-order valence-corrected chi connectivity index (χ1v) is 10.5. The number of nitrogens with two attached hydrogens (primary N) is 1. The van der Waals surface area contributed by atoms with Gasteiger partial charge in [-0.1, -0.05) is 42.0 Å². The van der Waals surface area contributed by atoms with Crippen LogP contribution in [0.4, 0.5) is 11.5 Å². The minimum absolute atomic E-state index is 0.133. The first-order valence-electron chi connectivity index (χ1n) is 9.02. The molecule has 3 N–H and O–H groups in total. The molecule has 146 valence electrons. The van der Waals surface area contributed by atoms with Crippen LogP contribution in [-0.4, -0.2) is 18.2 Å².